The van der Waals surface area contributed by atoms with Crippen molar-refractivity contribution in [3.63, 3.8) is 0 Å². The van der Waals surface area contributed by atoms with Crippen LogP contribution in [0.2, 0.25) is 0 Å². The summed E-state index contributed by atoms with van der Waals surface area (Å²) in [6, 6.07) is 11.3. The Bertz CT molecular complexity index is 897. The number of benzene rings is 1. The lowest BCUT2D eigenvalue weighted by atomic mass is 9.87. The van der Waals surface area contributed by atoms with Crippen molar-refractivity contribution in [1.29, 1.82) is 0 Å². The average molecular weight is 405 g/mol. The van der Waals surface area contributed by atoms with Crippen LogP contribution in [0, 0.1) is 0 Å². The fourth-order valence-corrected chi connectivity index (χ4v) is 5.18. The fourth-order valence-electron chi connectivity index (χ4n) is 3.42. The van der Waals surface area contributed by atoms with Crippen LogP contribution in [0.25, 0.3) is 0 Å². The zero-order valence-corrected chi connectivity index (χ0v) is 17.5. The highest BCUT2D eigenvalue weighted by Gasteiger charge is 2.33. The second kappa shape index (κ2) is 8.09. The van der Waals surface area contributed by atoms with Crippen LogP contribution >= 0.6 is 0 Å². The van der Waals surface area contributed by atoms with Crippen LogP contribution in [0.3, 0.4) is 0 Å². The predicted octanol–water partition coefficient (Wildman–Crippen LogP) is 3.20. The summed E-state index contributed by atoms with van der Waals surface area (Å²) in [5, 5.41) is 2.91. The molecule has 2 aromatic rings. The van der Waals surface area contributed by atoms with Crippen molar-refractivity contribution in [2.75, 3.05) is 23.4 Å². The Balaban J connectivity index is 1.67. The molecule has 3 rings (SSSR count). The van der Waals surface area contributed by atoms with E-state index in [2.05, 4.69) is 26.1 Å². The molecule has 1 atom stereocenters. The first-order valence-corrected chi connectivity index (χ1v) is 11.3. The molecular weight excluding hydrogens is 376 g/mol. The Morgan fingerprint density at radius 2 is 1.93 bits per heavy atom. The van der Waals surface area contributed by atoms with Gasteiger partial charge in [-0.25, -0.2) is 8.42 Å². The monoisotopic (exact) mass is 404 g/mol. The number of nitrogens with zero attached hydrogens (tertiary/aromatic N) is 1. The first kappa shape index (κ1) is 20.6. The van der Waals surface area contributed by atoms with Gasteiger partial charge in [0.1, 0.15) is 5.76 Å². The van der Waals surface area contributed by atoms with Gasteiger partial charge in [0.05, 0.1) is 30.9 Å². The number of furan rings is 1. The molecule has 7 heteroatoms. The van der Waals surface area contributed by atoms with Crippen molar-refractivity contribution in [1.82, 2.24) is 4.90 Å². The number of carbonyl (C=O) groups is 1. The van der Waals surface area contributed by atoms with Gasteiger partial charge in [-0.15, -0.1) is 0 Å². The molecule has 0 radical (unpaired) electrons. The van der Waals surface area contributed by atoms with E-state index in [0.717, 1.165) is 5.69 Å². The third kappa shape index (κ3) is 5.45. The van der Waals surface area contributed by atoms with Gasteiger partial charge in [-0.2, -0.15) is 0 Å². The normalized spacial score (nSPS) is 19.1. The van der Waals surface area contributed by atoms with Gasteiger partial charge in [0.2, 0.25) is 5.91 Å². The fraction of sp³-hybridized carbons (Fsp3) is 0.476. The first-order valence-electron chi connectivity index (χ1n) is 9.50. The summed E-state index contributed by atoms with van der Waals surface area (Å²) in [6.07, 6.45) is 2.12. The highest BCUT2D eigenvalue weighted by molar-refractivity contribution is 7.91. The van der Waals surface area contributed by atoms with Crippen molar-refractivity contribution in [2.24, 2.45) is 0 Å². The maximum Gasteiger partial charge on any atom is 0.238 e. The van der Waals surface area contributed by atoms with E-state index >= 15 is 0 Å². The van der Waals surface area contributed by atoms with Gasteiger partial charge in [-0.1, -0.05) is 32.9 Å². The number of carbonyl (C=O) groups excluding carboxylic acids is 1. The molecule has 0 spiro atoms. The van der Waals surface area contributed by atoms with E-state index in [9.17, 15) is 13.2 Å². The standard InChI is InChI=1S/C21H28N2O4S/c1-21(2,3)16-6-8-17(9-7-16)22-20(24)14-23(13-19-5-4-11-27-19)18-10-12-28(25,26)15-18/h4-9,11,18H,10,12-15H2,1-3H3,(H,22,24)/t18-/m0/s1. The molecule has 6 nitrogen and oxygen atoms in total. The lowest BCUT2D eigenvalue weighted by Gasteiger charge is -2.26. The topological polar surface area (TPSA) is 79.6 Å². The Labute approximate surface area is 166 Å². The van der Waals surface area contributed by atoms with Gasteiger partial charge in [-0.05, 0) is 41.7 Å². The molecule has 0 bridgehead atoms. The Kier molecular flexibility index (Phi) is 5.95. The molecule has 2 heterocycles. The largest absolute Gasteiger partial charge is 0.468 e. The highest BCUT2D eigenvalue weighted by Crippen LogP contribution is 2.24. The maximum absolute atomic E-state index is 12.6. The molecule has 0 saturated carbocycles. The van der Waals surface area contributed by atoms with Crippen molar-refractivity contribution in [3.05, 3.63) is 54.0 Å². The number of sulfone groups is 1. The van der Waals surface area contributed by atoms with Crippen molar-refractivity contribution < 1.29 is 17.6 Å². The number of rotatable bonds is 6. The number of hydrogen-bond donors (Lipinski definition) is 1. The predicted molar refractivity (Wildman–Crippen MR) is 110 cm³/mol. The third-order valence-electron chi connectivity index (χ3n) is 5.05. The lowest BCUT2D eigenvalue weighted by Crippen LogP contribution is -2.41. The number of anilines is 1. The van der Waals surface area contributed by atoms with E-state index < -0.39 is 9.84 Å². The van der Waals surface area contributed by atoms with E-state index in [1.807, 2.05) is 35.2 Å². The van der Waals surface area contributed by atoms with Gasteiger partial charge in [0.15, 0.2) is 9.84 Å². The second-order valence-corrected chi connectivity index (χ2v) is 10.6. The van der Waals surface area contributed by atoms with E-state index in [1.54, 1.807) is 12.3 Å². The van der Waals surface area contributed by atoms with Crippen LogP contribution < -0.4 is 5.32 Å². The Morgan fingerprint density at radius 1 is 1.21 bits per heavy atom. The minimum absolute atomic E-state index is 0.0519. The van der Waals surface area contributed by atoms with Crippen molar-refractivity contribution in [3.8, 4) is 0 Å². The summed E-state index contributed by atoms with van der Waals surface area (Å²) in [7, 11) is -3.04. The van der Waals surface area contributed by atoms with Crippen LogP contribution in [-0.2, 0) is 26.6 Å². The highest BCUT2D eigenvalue weighted by atomic mass is 32.2. The van der Waals surface area contributed by atoms with Gasteiger partial charge in [0.25, 0.3) is 0 Å². The zero-order chi connectivity index (χ0) is 20.4. The lowest BCUT2D eigenvalue weighted by molar-refractivity contribution is -0.118. The molecule has 1 aromatic heterocycles. The summed E-state index contributed by atoms with van der Waals surface area (Å²) in [5.41, 5.74) is 1.98. The summed E-state index contributed by atoms with van der Waals surface area (Å²) in [5.74, 6) is 0.801. The number of hydrogen-bond acceptors (Lipinski definition) is 5. The maximum atomic E-state index is 12.6. The summed E-state index contributed by atoms with van der Waals surface area (Å²) in [4.78, 5) is 14.5. The smallest absolute Gasteiger partial charge is 0.238 e. The molecule has 1 saturated heterocycles. The van der Waals surface area contributed by atoms with E-state index in [4.69, 9.17) is 4.42 Å². The Hall–Kier alpha value is -2.12. The van der Waals surface area contributed by atoms with Gasteiger partial charge in [0, 0.05) is 11.7 Å². The van der Waals surface area contributed by atoms with Crippen LogP contribution in [0.4, 0.5) is 5.69 Å². The van der Waals surface area contributed by atoms with E-state index in [0.29, 0.717) is 18.7 Å². The van der Waals surface area contributed by atoms with Crippen LogP contribution in [-0.4, -0.2) is 43.3 Å². The summed E-state index contributed by atoms with van der Waals surface area (Å²) >= 11 is 0. The van der Waals surface area contributed by atoms with Crippen LogP contribution in [0.5, 0.6) is 0 Å². The van der Waals surface area contributed by atoms with Crippen LogP contribution in [0.1, 0.15) is 38.5 Å². The minimum atomic E-state index is -3.04. The molecule has 1 N–H and O–H groups in total. The molecule has 1 aromatic carbocycles. The van der Waals surface area contributed by atoms with Crippen molar-refractivity contribution in [2.45, 2.75) is 45.2 Å². The number of amides is 1. The molecule has 0 aliphatic carbocycles. The molecule has 1 aliphatic rings. The first-order chi connectivity index (χ1) is 13.1. The third-order valence-corrected chi connectivity index (χ3v) is 6.80. The molecular formula is C21H28N2O4S. The molecule has 0 unspecified atom stereocenters. The van der Waals surface area contributed by atoms with Gasteiger partial charge in [-0.3, -0.25) is 9.69 Å². The minimum Gasteiger partial charge on any atom is -0.468 e. The molecule has 28 heavy (non-hydrogen) atoms. The summed E-state index contributed by atoms with van der Waals surface area (Å²) in [6.45, 7) is 6.94. The van der Waals surface area contributed by atoms with Crippen molar-refractivity contribution >= 4 is 21.4 Å². The average Bonchev–Trinajstić information content (AvgIpc) is 3.23. The quantitative estimate of drug-likeness (QED) is 0.800. The van der Waals surface area contributed by atoms with Gasteiger partial charge < -0.3 is 9.73 Å². The van der Waals surface area contributed by atoms with E-state index in [1.165, 1.54) is 5.56 Å². The second-order valence-electron chi connectivity index (χ2n) is 8.42. The SMILES string of the molecule is CC(C)(C)c1ccc(NC(=O)CN(Cc2ccco2)[C@H]2CCS(=O)(=O)C2)cc1. The summed E-state index contributed by atoms with van der Waals surface area (Å²) < 4.78 is 29.2. The van der Waals surface area contributed by atoms with E-state index in [-0.39, 0.29) is 35.4 Å². The molecule has 1 aliphatic heterocycles. The van der Waals surface area contributed by atoms with Gasteiger partial charge >= 0.3 is 0 Å². The molecule has 1 fully saturated rings. The van der Waals surface area contributed by atoms with Crippen LogP contribution in [0.15, 0.2) is 47.1 Å². The molecule has 1 amide bonds. The molecule has 152 valence electrons. The zero-order valence-electron chi connectivity index (χ0n) is 16.6. The Morgan fingerprint density at radius 3 is 2.46 bits per heavy atom. The number of nitrogens with one attached hydrogen (secondary N) is 1.